The first-order chi connectivity index (χ1) is 7.74. The summed E-state index contributed by atoms with van der Waals surface area (Å²) in [6.45, 7) is 4.66. The molecule has 0 radical (unpaired) electrons. The summed E-state index contributed by atoms with van der Waals surface area (Å²) in [6, 6.07) is 9.96. The van der Waals surface area contributed by atoms with Crippen molar-refractivity contribution in [3.05, 3.63) is 54.3 Å². The van der Waals surface area contributed by atoms with Crippen LogP contribution in [0, 0.1) is 5.92 Å². The summed E-state index contributed by atoms with van der Waals surface area (Å²) >= 11 is 0. The maximum Gasteiger partial charge on any atom is 0.0933 e. The van der Waals surface area contributed by atoms with E-state index in [1.54, 1.807) is 6.26 Å². The second-order valence-electron chi connectivity index (χ2n) is 3.77. The molecular formula is C14H19NO. The van der Waals surface area contributed by atoms with E-state index in [-0.39, 0.29) is 0 Å². The number of allylic oxidation sites excluding steroid dienone is 1. The molecule has 2 heteroatoms. The largest absolute Gasteiger partial charge is 0.501 e. The van der Waals surface area contributed by atoms with Crippen molar-refractivity contribution in [3.8, 4) is 0 Å². The normalized spacial score (nSPS) is 14.0. The van der Waals surface area contributed by atoms with Crippen LogP contribution in [0.25, 0.3) is 5.70 Å². The van der Waals surface area contributed by atoms with Gasteiger partial charge in [0.2, 0.25) is 0 Å². The van der Waals surface area contributed by atoms with Gasteiger partial charge in [0.25, 0.3) is 0 Å². The van der Waals surface area contributed by atoms with Crippen LogP contribution in [0.1, 0.15) is 19.4 Å². The van der Waals surface area contributed by atoms with Gasteiger partial charge < -0.3 is 10.5 Å². The van der Waals surface area contributed by atoms with Gasteiger partial charge in [0.05, 0.1) is 12.9 Å². The SMILES string of the molecule is C/C=C\OC[C@@H](C)/C=C(\N)c1ccccc1. The second kappa shape index (κ2) is 6.72. The summed E-state index contributed by atoms with van der Waals surface area (Å²) in [4.78, 5) is 0. The molecule has 2 nitrogen and oxygen atoms in total. The van der Waals surface area contributed by atoms with Gasteiger partial charge in [-0.1, -0.05) is 49.4 Å². The number of ether oxygens (including phenoxy) is 1. The Balaban J connectivity index is 2.56. The Morgan fingerprint density at radius 3 is 2.69 bits per heavy atom. The van der Waals surface area contributed by atoms with Crippen molar-refractivity contribution in [2.75, 3.05) is 6.61 Å². The molecule has 0 heterocycles. The third-order valence-corrected chi connectivity index (χ3v) is 2.16. The van der Waals surface area contributed by atoms with E-state index in [4.69, 9.17) is 10.5 Å². The molecule has 0 bridgehead atoms. The van der Waals surface area contributed by atoms with Crippen molar-refractivity contribution in [1.82, 2.24) is 0 Å². The Labute approximate surface area is 97.4 Å². The molecule has 0 aliphatic heterocycles. The van der Waals surface area contributed by atoms with Crippen LogP contribution < -0.4 is 5.73 Å². The predicted octanol–water partition coefficient (Wildman–Crippen LogP) is 3.17. The number of hydrogen-bond acceptors (Lipinski definition) is 2. The van der Waals surface area contributed by atoms with E-state index in [0.717, 1.165) is 11.3 Å². The van der Waals surface area contributed by atoms with Gasteiger partial charge in [-0.15, -0.1) is 0 Å². The van der Waals surface area contributed by atoms with Gasteiger partial charge in [-0.05, 0) is 12.5 Å². The van der Waals surface area contributed by atoms with Crippen molar-refractivity contribution < 1.29 is 4.74 Å². The van der Waals surface area contributed by atoms with Crippen LogP contribution in [0.15, 0.2) is 48.7 Å². The molecule has 0 aromatic heterocycles. The third kappa shape index (κ3) is 4.22. The Kier molecular flexibility index (Phi) is 5.20. The Morgan fingerprint density at radius 1 is 1.38 bits per heavy atom. The highest BCUT2D eigenvalue weighted by atomic mass is 16.5. The lowest BCUT2D eigenvalue weighted by Crippen LogP contribution is -2.04. The molecule has 0 saturated carbocycles. The van der Waals surface area contributed by atoms with Crippen LogP contribution in [0.4, 0.5) is 0 Å². The lowest BCUT2D eigenvalue weighted by molar-refractivity contribution is 0.222. The lowest BCUT2D eigenvalue weighted by Gasteiger charge is -2.08. The first kappa shape index (κ1) is 12.4. The van der Waals surface area contributed by atoms with E-state index in [9.17, 15) is 0 Å². The molecule has 0 spiro atoms. The van der Waals surface area contributed by atoms with Crippen LogP contribution in [0.5, 0.6) is 0 Å². The van der Waals surface area contributed by atoms with Crippen molar-refractivity contribution in [2.45, 2.75) is 13.8 Å². The van der Waals surface area contributed by atoms with Gasteiger partial charge in [0.15, 0.2) is 0 Å². The standard InChI is InChI=1S/C14H19NO/c1-3-9-16-11-12(2)10-14(15)13-7-5-4-6-8-13/h3-10,12H,11,15H2,1-2H3/b9-3-,14-10-/t12-/m0/s1. The van der Waals surface area contributed by atoms with Crippen molar-refractivity contribution in [2.24, 2.45) is 11.7 Å². The molecule has 16 heavy (non-hydrogen) atoms. The molecule has 1 aromatic rings. The van der Waals surface area contributed by atoms with E-state index in [0.29, 0.717) is 12.5 Å². The molecule has 1 atom stereocenters. The molecule has 1 aromatic carbocycles. The molecule has 0 fully saturated rings. The molecule has 0 unspecified atom stereocenters. The fourth-order valence-corrected chi connectivity index (χ4v) is 1.39. The maximum atomic E-state index is 5.99. The molecule has 86 valence electrons. The molecular weight excluding hydrogens is 198 g/mol. The van der Waals surface area contributed by atoms with Gasteiger partial charge >= 0.3 is 0 Å². The molecule has 1 rings (SSSR count). The summed E-state index contributed by atoms with van der Waals surface area (Å²) in [7, 11) is 0. The quantitative estimate of drug-likeness (QED) is 0.769. The molecule has 0 aliphatic carbocycles. The third-order valence-electron chi connectivity index (χ3n) is 2.16. The van der Waals surface area contributed by atoms with Crippen molar-refractivity contribution >= 4 is 5.70 Å². The van der Waals surface area contributed by atoms with E-state index >= 15 is 0 Å². The smallest absolute Gasteiger partial charge is 0.0933 e. The Hall–Kier alpha value is -1.70. The van der Waals surface area contributed by atoms with E-state index in [1.807, 2.05) is 49.4 Å². The zero-order valence-corrected chi connectivity index (χ0v) is 9.89. The molecule has 0 aliphatic rings. The first-order valence-corrected chi connectivity index (χ1v) is 5.49. The van der Waals surface area contributed by atoms with Gasteiger partial charge in [-0.3, -0.25) is 0 Å². The molecule has 0 amide bonds. The van der Waals surface area contributed by atoms with Gasteiger partial charge in [0, 0.05) is 11.6 Å². The van der Waals surface area contributed by atoms with Crippen LogP contribution in [-0.2, 0) is 4.74 Å². The zero-order valence-electron chi connectivity index (χ0n) is 9.89. The van der Waals surface area contributed by atoms with Gasteiger partial charge in [0.1, 0.15) is 0 Å². The lowest BCUT2D eigenvalue weighted by atomic mass is 10.1. The minimum Gasteiger partial charge on any atom is -0.501 e. The summed E-state index contributed by atoms with van der Waals surface area (Å²) in [6.07, 6.45) is 5.60. The van der Waals surface area contributed by atoms with Crippen molar-refractivity contribution in [3.63, 3.8) is 0 Å². The maximum absolute atomic E-state index is 5.99. The van der Waals surface area contributed by atoms with Gasteiger partial charge in [-0.2, -0.15) is 0 Å². The van der Waals surface area contributed by atoms with Crippen LogP contribution >= 0.6 is 0 Å². The fraction of sp³-hybridized carbons (Fsp3) is 0.286. The van der Waals surface area contributed by atoms with Crippen LogP contribution in [0.2, 0.25) is 0 Å². The van der Waals surface area contributed by atoms with E-state index in [2.05, 4.69) is 6.92 Å². The van der Waals surface area contributed by atoms with E-state index in [1.165, 1.54) is 0 Å². The monoisotopic (exact) mass is 217 g/mol. The predicted molar refractivity (Wildman–Crippen MR) is 68.5 cm³/mol. The molecule has 2 N–H and O–H groups in total. The van der Waals surface area contributed by atoms with Crippen LogP contribution in [-0.4, -0.2) is 6.61 Å². The highest BCUT2D eigenvalue weighted by Crippen LogP contribution is 2.11. The second-order valence-corrected chi connectivity index (χ2v) is 3.77. The average Bonchev–Trinajstić information content (AvgIpc) is 2.30. The minimum atomic E-state index is 0.302. The zero-order chi connectivity index (χ0) is 11.8. The number of benzene rings is 1. The van der Waals surface area contributed by atoms with Gasteiger partial charge in [-0.25, -0.2) is 0 Å². The molecule has 0 saturated heterocycles. The summed E-state index contributed by atoms with van der Waals surface area (Å²) in [5.41, 5.74) is 7.85. The topological polar surface area (TPSA) is 35.2 Å². The summed E-state index contributed by atoms with van der Waals surface area (Å²) in [5.74, 6) is 0.302. The first-order valence-electron chi connectivity index (χ1n) is 5.49. The number of nitrogens with two attached hydrogens (primary N) is 1. The highest BCUT2D eigenvalue weighted by Gasteiger charge is 2.00. The Morgan fingerprint density at radius 2 is 2.06 bits per heavy atom. The minimum absolute atomic E-state index is 0.302. The van der Waals surface area contributed by atoms with E-state index < -0.39 is 0 Å². The highest BCUT2D eigenvalue weighted by molar-refractivity contribution is 5.62. The van der Waals surface area contributed by atoms with Crippen molar-refractivity contribution in [1.29, 1.82) is 0 Å². The average molecular weight is 217 g/mol. The van der Waals surface area contributed by atoms with Crippen LogP contribution in [0.3, 0.4) is 0 Å². The summed E-state index contributed by atoms with van der Waals surface area (Å²) < 4.78 is 5.30. The fourth-order valence-electron chi connectivity index (χ4n) is 1.39. The Bertz CT molecular complexity index is 354. The summed E-state index contributed by atoms with van der Waals surface area (Å²) in [5, 5.41) is 0. The number of hydrogen-bond donors (Lipinski definition) is 1. The number of rotatable bonds is 5.